The Bertz CT molecular complexity index is 397. The van der Waals surface area contributed by atoms with Crippen LogP contribution in [-0.2, 0) is 14.2 Å². The van der Waals surface area contributed by atoms with E-state index in [1.165, 1.54) is 66.7 Å². The first-order valence-corrected chi connectivity index (χ1v) is 37.1. The molecule has 0 atom stereocenters. The van der Waals surface area contributed by atoms with Gasteiger partial charge in [0.2, 0.25) is 0 Å². The molecular formula is C22H39Br3O3Th. The van der Waals surface area contributed by atoms with Crippen LogP contribution in [0.4, 0.5) is 0 Å². The standard InChI is InChI=1S/C10H15.3C4H8O.3BrH.Th/c1-6-7(2)9(4)10(5)8(6)3;3*1-2-4-5-3-1;;;;/h1-5H3;3*1-4H2;3*1H;/q;;;;;;;+3/p-3. The summed E-state index contributed by atoms with van der Waals surface area (Å²) in [4.78, 5) is 0. The molecule has 3 heterocycles. The first-order chi connectivity index (χ1) is 13.8. The first kappa shape index (κ1) is 31.1. The predicted molar refractivity (Wildman–Crippen MR) is 133 cm³/mol. The normalized spacial score (nSPS) is 20.7. The Balaban J connectivity index is 0.000000356. The number of hydrogen-bond donors (Lipinski definition) is 0. The number of hydrogen-bond acceptors (Lipinski definition) is 3. The van der Waals surface area contributed by atoms with Gasteiger partial charge in [0.25, 0.3) is 0 Å². The van der Waals surface area contributed by atoms with Gasteiger partial charge in [-0.25, -0.2) is 0 Å². The molecule has 7 heteroatoms. The number of halogens is 3. The molecule has 0 aromatic heterocycles. The van der Waals surface area contributed by atoms with Crippen LogP contribution in [0.1, 0.15) is 73.1 Å². The van der Waals surface area contributed by atoms with Gasteiger partial charge >= 0.3 is 52.4 Å². The molecule has 0 unspecified atom stereocenters. The number of ether oxygens (including phenoxy) is 3. The minimum absolute atomic E-state index is 1.00. The minimum atomic E-state index is -1.29. The molecule has 0 bridgehead atoms. The van der Waals surface area contributed by atoms with Crippen LogP contribution < -0.4 is 0 Å². The van der Waals surface area contributed by atoms with Gasteiger partial charge in [0.1, 0.15) is 0 Å². The molecule has 3 aliphatic heterocycles. The zero-order chi connectivity index (χ0) is 22.1. The molecule has 29 heavy (non-hydrogen) atoms. The Hall–Kier alpha value is 2.12. The topological polar surface area (TPSA) is 27.7 Å². The van der Waals surface area contributed by atoms with Crippen LogP contribution in [-0.4, -0.2) is 39.6 Å². The Labute approximate surface area is 205 Å². The van der Waals surface area contributed by atoms with E-state index in [-0.39, 0.29) is 0 Å². The molecule has 0 spiro atoms. The van der Waals surface area contributed by atoms with Gasteiger partial charge in [-0.2, -0.15) is 0 Å². The average molecular weight is 823 g/mol. The molecule has 3 fully saturated rings. The molecule has 0 N–H and O–H groups in total. The van der Waals surface area contributed by atoms with Crippen LogP contribution in [0.3, 0.4) is 0 Å². The van der Waals surface area contributed by atoms with Crippen molar-refractivity contribution >= 4 is 27.6 Å². The Kier molecular flexibility index (Phi) is 22.2. The van der Waals surface area contributed by atoms with E-state index in [0.29, 0.717) is 0 Å². The van der Waals surface area contributed by atoms with Crippen molar-refractivity contribution in [2.75, 3.05) is 39.6 Å². The molecule has 1 aliphatic carbocycles. The van der Waals surface area contributed by atoms with Crippen LogP contribution in [0, 0.1) is 30.7 Å². The fourth-order valence-electron chi connectivity index (χ4n) is 2.94. The van der Waals surface area contributed by atoms with Crippen molar-refractivity contribution in [3.8, 4) is 0 Å². The molecule has 0 amide bonds. The SMILES string of the molecule is C1CCOC1.C1CCOC1.C1CCOC1.C[C]1C(C)=C(C)C(C)=C1C.[Br][Th]([Br])[Br]. The molecule has 4 aliphatic rings. The second kappa shape index (κ2) is 20.7. The van der Waals surface area contributed by atoms with Gasteiger partial charge in [0.05, 0.1) is 0 Å². The fourth-order valence-corrected chi connectivity index (χ4v) is 2.94. The second-order valence-electron chi connectivity index (χ2n) is 7.30. The fraction of sp³-hybridized carbons (Fsp3) is 0.773. The van der Waals surface area contributed by atoms with E-state index >= 15 is 0 Å². The van der Waals surface area contributed by atoms with E-state index in [1.54, 1.807) is 0 Å². The van der Waals surface area contributed by atoms with Crippen LogP contribution in [0.15, 0.2) is 22.3 Å². The molecule has 0 saturated carbocycles. The van der Waals surface area contributed by atoms with Gasteiger partial charge in [0.15, 0.2) is 0 Å². The second-order valence-corrected chi connectivity index (χ2v) is 60.4. The summed E-state index contributed by atoms with van der Waals surface area (Å²) >= 11 is -1.29. The van der Waals surface area contributed by atoms with Gasteiger partial charge in [-0.05, 0) is 77.4 Å². The third-order valence-electron chi connectivity index (χ3n) is 5.29. The summed E-state index contributed by atoms with van der Waals surface area (Å²) < 4.78 is 14.8. The summed E-state index contributed by atoms with van der Waals surface area (Å²) in [6.07, 6.45) is 7.67. The van der Waals surface area contributed by atoms with Gasteiger partial charge in [-0.1, -0.05) is 18.1 Å². The first-order valence-electron chi connectivity index (χ1n) is 10.5. The van der Waals surface area contributed by atoms with Crippen LogP contribution in [0.2, 0.25) is 0 Å². The molecule has 1 radical (unpaired) electrons. The van der Waals surface area contributed by atoms with E-state index in [1.807, 2.05) is 0 Å². The summed E-state index contributed by atoms with van der Waals surface area (Å²) in [5.41, 5.74) is 5.87. The van der Waals surface area contributed by atoms with Gasteiger partial charge < -0.3 is 14.2 Å². The molecule has 4 rings (SSSR count). The van der Waals surface area contributed by atoms with Crippen molar-refractivity contribution in [3.05, 3.63) is 28.2 Å². The third-order valence-corrected chi connectivity index (χ3v) is 5.29. The van der Waals surface area contributed by atoms with Crippen LogP contribution in [0.25, 0.3) is 0 Å². The van der Waals surface area contributed by atoms with Gasteiger partial charge in [-0.15, -0.1) is 0 Å². The summed E-state index contributed by atoms with van der Waals surface area (Å²) in [6, 6.07) is 0. The van der Waals surface area contributed by atoms with Crippen LogP contribution >= 0.6 is 27.6 Å². The molecule has 3 saturated heterocycles. The summed E-state index contributed by atoms with van der Waals surface area (Å²) in [5, 5.41) is 0. The van der Waals surface area contributed by atoms with E-state index in [4.69, 9.17) is 14.2 Å². The van der Waals surface area contributed by atoms with Crippen LogP contribution in [0.5, 0.6) is 0 Å². The van der Waals surface area contributed by atoms with E-state index in [2.05, 4.69) is 62.2 Å². The van der Waals surface area contributed by atoms with Crippen molar-refractivity contribution in [1.82, 2.24) is 0 Å². The van der Waals surface area contributed by atoms with E-state index in [0.717, 1.165) is 39.6 Å². The number of rotatable bonds is 0. The zero-order valence-corrected chi connectivity index (χ0v) is 27.7. The van der Waals surface area contributed by atoms with Crippen molar-refractivity contribution in [3.63, 3.8) is 0 Å². The average Bonchev–Trinajstić information content (AvgIpc) is 3.52. The molecule has 170 valence electrons. The van der Waals surface area contributed by atoms with E-state index < -0.39 is 24.7 Å². The van der Waals surface area contributed by atoms with Crippen molar-refractivity contribution in [1.29, 1.82) is 0 Å². The Morgan fingerprint density at radius 3 is 0.759 bits per heavy atom. The predicted octanol–water partition coefficient (Wildman–Crippen LogP) is 8.19. The number of allylic oxidation sites excluding steroid dienone is 4. The molecule has 0 aromatic carbocycles. The quantitative estimate of drug-likeness (QED) is 0.247. The maximum absolute atomic E-state index is 4.94. The van der Waals surface area contributed by atoms with Crippen molar-refractivity contribution < 1.29 is 38.9 Å². The van der Waals surface area contributed by atoms with Gasteiger partial charge in [0, 0.05) is 45.6 Å². The summed E-state index contributed by atoms with van der Waals surface area (Å²) in [7, 11) is 9.98. The monoisotopic (exact) mass is 820 g/mol. The summed E-state index contributed by atoms with van der Waals surface area (Å²) in [6.45, 7) is 17.0. The zero-order valence-electron chi connectivity index (χ0n) is 18.8. The summed E-state index contributed by atoms with van der Waals surface area (Å²) in [5.74, 6) is 1.47. The third kappa shape index (κ3) is 17.3. The maximum atomic E-state index is 4.94. The van der Waals surface area contributed by atoms with E-state index in [9.17, 15) is 0 Å². The Morgan fingerprint density at radius 1 is 0.483 bits per heavy atom. The molecule has 3 nitrogen and oxygen atoms in total. The molecular weight excluding hydrogens is 784 g/mol. The van der Waals surface area contributed by atoms with Crippen molar-refractivity contribution in [2.45, 2.75) is 73.1 Å². The van der Waals surface area contributed by atoms with Gasteiger partial charge in [-0.3, -0.25) is 0 Å². The van der Waals surface area contributed by atoms with Crippen molar-refractivity contribution in [2.24, 2.45) is 0 Å². The molecule has 0 aromatic rings. The Morgan fingerprint density at radius 2 is 0.690 bits per heavy atom.